The van der Waals surface area contributed by atoms with Crippen molar-refractivity contribution in [2.45, 2.75) is 53.0 Å². The molecule has 4 heteroatoms. The average Bonchev–Trinajstić information content (AvgIpc) is 2.24. The lowest BCUT2D eigenvalue weighted by atomic mass is 9.97. The first-order chi connectivity index (χ1) is 7.42. The van der Waals surface area contributed by atoms with Crippen LogP contribution < -0.4 is 11.1 Å². The van der Waals surface area contributed by atoms with E-state index in [0.717, 1.165) is 12.8 Å². The summed E-state index contributed by atoms with van der Waals surface area (Å²) in [5.41, 5.74) is 5.27. The molecule has 0 unspecified atom stereocenters. The smallest absolute Gasteiger partial charge is 0.240 e. The van der Waals surface area contributed by atoms with Crippen LogP contribution in [0.4, 0.5) is 0 Å². The Morgan fingerprint density at radius 3 is 2.12 bits per heavy atom. The highest BCUT2D eigenvalue weighted by atomic mass is 16.2. The number of carbonyl (C=O) groups excluding carboxylic acids is 2. The summed E-state index contributed by atoms with van der Waals surface area (Å²) in [6, 6.07) is -0.540. The highest BCUT2D eigenvalue weighted by molar-refractivity contribution is 5.86. The van der Waals surface area contributed by atoms with Crippen LogP contribution in [0.25, 0.3) is 0 Å². The zero-order valence-corrected chi connectivity index (χ0v) is 10.7. The first-order valence-electron chi connectivity index (χ1n) is 6.00. The maximum absolute atomic E-state index is 11.6. The first-order valence-corrected chi connectivity index (χ1v) is 6.00. The number of nitrogens with one attached hydrogen (secondary N) is 1. The summed E-state index contributed by atoms with van der Waals surface area (Å²) in [4.78, 5) is 22.8. The van der Waals surface area contributed by atoms with Crippen molar-refractivity contribution in [2.24, 2.45) is 17.6 Å². The quantitative estimate of drug-likeness (QED) is 0.692. The Kier molecular flexibility index (Phi) is 6.77. The van der Waals surface area contributed by atoms with Gasteiger partial charge in [-0.05, 0) is 11.8 Å². The summed E-state index contributed by atoms with van der Waals surface area (Å²) in [6.45, 7) is 7.95. The average molecular weight is 228 g/mol. The van der Waals surface area contributed by atoms with Gasteiger partial charge in [-0.2, -0.15) is 0 Å². The van der Waals surface area contributed by atoms with Crippen LogP contribution in [-0.4, -0.2) is 17.9 Å². The molecule has 0 aromatic carbocycles. The summed E-state index contributed by atoms with van der Waals surface area (Å²) >= 11 is 0. The molecule has 3 atom stereocenters. The monoisotopic (exact) mass is 228 g/mol. The molecule has 2 amide bonds. The highest BCUT2D eigenvalue weighted by Gasteiger charge is 2.23. The maximum atomic E-state index is 11.6. The molecular formula is C12H24N2O2. The lowest BCUT2D eigenvalue weighted by Crippen LogP contribution is -2.48. The third-order valence-corrected chi connectivity index (χ3v) is 3.07. The minimum Gasteiger partial charge on any atom is -0.368 e. The lowest BCUT2D eigenvalue weighted by Gasteiger charge is -2.21. The second kappa shape index (κ2) is 7.25. The number of hydrogen-bond acceptors (Lipinski definition) is 2. The number of nitrogens with two attached hydrogens (primary N) is 1. The van der Waals surface area contributed by atoms with Crippen molar-refractivity contribution in [1.82, 2.24) is 5.32 Å². The minimum atomic E-state index is -0.540. The molecule has 0 saturated heterocycles. The van der Waals surface area contributed by atoms with Gasteiger partial charge in [0, 0.05) is 6.42 Å². The Hall–Kier alpha value is -1.06. The Balaban J connectivity index is 4.30. The van der Waals surface area contributed by atoms with Crippen molar-refractivity contribution < 1.29 is 9.59 Å². The first kappa shape index (κ1) is 14.9. The van der Waals surface area contributed by atoms with E-state index in [2.05, 4.69) is 5.32 Å². The molecule has 0 rings (SSSR count). The van der Waals surface area contributed by atoms with Crippen molar-refractivity contribution in [2.75, 3.05) is 0 Å². The molecule has 94 valence electrons. The standard InChI is InChI=1S/C12H24N2O2/c1-5-8(3)7-10(15)14-11(12(13)16)9(4)6-2/h8-9,11H,5-7H2,1-4H3,(H2,13,16)(H,14,15)/t8-,9-,11-/m0/s1. The molecule has 0 aromatic rings. The van der Waals surface area contributed by atoms with Crippen LogP contribution in [-0.2, 0) is 9.59 Å². The van der Waals surface area contributed by atoms with E-state index in [1.54, 1.807) is 0 Å². The maximum Gasteiger partial charge on any atom is 0.240 e. The number of carbonyl (C=O) groups is 2. The van der Waals surface area contributed by atoms with Crippen LogP contribution in [0.15, 0.2) is 0 Å². The molecular weight excluding hydrogens is 204 g/mol. The molecule has 0 saturated carbocycles. The molecule has 16 heavy (non-hydrogen) atoms. The molecule has 3 N–H and O–H groups in total. The Morgan fingerprint density at radius 2 is 1.75 bits per heavy atom. The van der Waals surface area contributed by atoms with Crippen molar-refractivity contribution in [3.8, 4) is 0 Å². The molecule has 0 fully saturated rings. The molecule has 0 aliphatic carbocycles. The van der Waals surface area contributed by atoms with Gasteiger partial charge in [-0.3, -0.25) is 9.59 Å². The van der Waals surface area contributed by atoms with Crippen LogP contribution >= 0.6 is 0 Å². The van der Waals surface area contributed by atoms with Crippen molar-refractivity contribution in [1.29, 1.82) is 0 Å². The third-order valence-electron chi connectivity index (χ3n) is 3.07. The van der Waals surface area contributed by atoms with Gasteiger partial charge < -0.3 is 11.1 Å². The van der Waals surface area contributed by atoms with E-state index in [1.807, 2.05) is 27.7 Å². The van der Waals surface area contributed by atoms with E-state index in [4.69, 9.17) is 5.73 Å². The van der Waals surface area contributed by atoms with Crippen molar-refractivity contribution >= 4 is 11.8 Å². The number of primary amides is 1. The molecule has 0 aromatic heterocycles. The predicted octanol–water partition coefficient (Wildman–Crippen LogP) is 1.44. The van der Waals surface area contributed by atoms with Crippen LogP contribution in [0.1, 0.15) is 47.0 Å². The van der Waals surface area contributed by atoms with Crippen molar-refractivity contribution in [3.05, 3.63) is 0 Å². The zero-order chi connectivity index (χ0) is 12.7. The van der Waals surface area contributed by atoms with Gasteiger partial charge in [0.05, 0.1) is 0 Å². The summed E-state index contributed by atoms with van der Waals surface area (Å²) in [6.07, 6.45) is 2.23. The zero-order valence-electron chi connectivity index (χ0n) is 10.7. The molecule has 0 bridgehead atoms. The van der Waals surface area contributed by atoms with E-state index >= 15 is 0 Å². The van der Waals surface area contributed by atoms with Crippen LogP contribution in [0.5, 0.6) is 0 Å². The fourth-order valence-electron chi connectivity index (χ4n) is 1.42. The molecule has 4 nitrogen and oxygen atoms in total. The largest absolute Gasteiger partial charge is 0.368 e. The summed E-state index contributed by atoms with van der Waals surface area (Å²) in [5, 5.41) is 2.72. The van der Waals surface area contributed by atoms with Crippen LogP contribution in [0.3, 0.4) is 0 Å². The second-order valence-corrected chi connectivity index (χ2v) is 4.55. The summed E-state index contributed by atoms with van der Waals surface area (Å²) in [7, 11) is 0. The van der Waals surface area contributed by atoms with Crippen LogP contribution in [0, 0.1) is 11.8 Å². The topological polar surface area (TPSA) is 72.2 Å². The number of hydrogen-bond donors (Lipinski definition) is 2. The van der Waals surface area contributed by atoms with Gasteiger partial charge in [-0.25, -0.2) is 0 Å². The molecule has 0 aliphatic heterocycles. The second-order valence-electron chi connectivity index (χ2n) is 4.55. The van der Waals surface area contributed by atoms with Gasteiger partial charge in [0.1, 0.15) is 6.04 Å². The highest BCUT2D eigenvalue weighted by Crippen LogP contribution is 2.10. The van der Waals surface area contributed by atoms with E-state index in [1.165, 1.54) is 0 Å². The Labute approximate surface area is 98.0 Å². The Morgan fingerprint density at radius 1 is 1.19 bits per heavy atom. The SMILES string of the molecule is CC[C@H](C)CC(=O)N[C@H](C(N)=O)[C@@H](C)CC. The van der Waals surface area contributed by atoms with Crippen LogP contribution in [0.2, 0.25) is 0 Å². The summed E-state index contributed by atoms with van der Waals surface area (Å²) in [5.74, 6) is -0.117. The van der Waals surface area contributed by atoms with Gasteiger partial charge in [-0.15, -0.1) is 0 Å². The molecule has 0 heterocycles. The number of rotatable bonds is 7. The summed E-state index contributed by atoms with van der Waals surface area (Å²) < 4.78 is 0. The number of amides is 2. The molecule has 0 radical (unpaired) electrons. The van der Waals surface area contributed by atoms with E-state index in [0.29, 0.717) is 12.3 Å². The molecule has 0 spiro atoms. The fourth-order valence-corrected chi connectivity index (χ4v) is 1.42. The van der Waals surface area contributed by atoms with Gasteiger partial charge in [0.25, 0.3) is 0 Å². The normalized spacial score (nSPS) is 16.2. The Bertz CT molecular complexity index is 241. The van der Waals surface area contributed by atoms with Gasteiger partial charge >= 0.3 is 0 Å². The predicted molar refractivity (Wildman–Crippen MR) is 64.7 cm³/mol. The third kappa shape index (κ3) is 5.14. The van der Waals surface area contributed by atoms with Gasteiger partial charge in [-0.1, -0.05) is 40.5 Å². The fraction of sp³-hybridized carbons (Fsp3) is 0.833. The van der Waals surface area contributed by atoms with E-state index in [-0.39, 0.29) is 11.8 Å². The lowest BCUT2D eigenvalue weighted by molar-refractivity contribution is -0.129. The van der Waals surface area contributed by atoms with Crippen molar-refractivity contribution in [3.63, 3.8) is 0 Å². The van der Waals surface area contributed by atoms with Gasteiger partial charge in [0.15, 0.2) is 0 Å². The van der Waals surface area contributed by atoms with E-state index in [9.17, 15) is 9.59 Å². The minimum absolute atomic E-state index is 0.0818. The molecule has 0 aliphatic rings. The van der Waals surface area contributed by atoms with E-state index < -0.39 is 11.9 Å². The van der Waals surface area contributed by atoms with Gasteiger partial charge in [0.2, 0.25) is 11.8 Å².